The zero-order chi connectivity index (χ0) is 9.10. The second kappa shape index (κ2) is 3.44. The number of rotatable bonds is 2. The van der Waals surface area contributed by atoms with Crippen LogP contribution in [0.5, 0.6) is 0 Å². The Hall–Kier alpha value is -1.57. The van der Waals surface area contributed by atoms with Crippen molar-refractivity contribution >= 4 is 0 Å². The molecule has 2 aromatic rings. The third-order valence-electron chi connectivity index (χ3n) is 2.23. The van der Waals surface area contributed by atoms with E-state index in [1.165, 1.54) is 11.1 Å². The molecule has 0 saturated carbocycles. The van der Waals surface area contributed by atoms with E-state index in [9.17, 15) is 0 Å². The van der Waals surface area contributed by atoms with Crippen LogP contribution in [0, 0.1) is 0 Å². The van der Waals surface area contributed by atoms with Crippen molar-refractivity contribution in [2.45, 2.75) is 12.8 Å². The monoisotopic (exact) mass is 173 g/mol. The Bertz CT molecular complexity index is 353. The normalized spacial score (nSPS) is 12.7. The average Bonchev–Trinajstić information content (AvgIpc) is 2.71. The predicted molar refractivity (Wildman–Crippen MR) is 50.5 cm³/mol. The van der Waals surface area contributed by atoms with Gasteiger partial charge >= 0.3 is 0 Å². The van der Waals surface area contributed by atoms with E-state index < -0.39 is 0 Å². The molecular formula is C11H11NO. The van der Waals surface area contributed by atoms with Gasteiger partial charge in [0.15, 0.2) is 0 Å². The Kier molecular flexibility index (Phi) is 2.13. The van der Waals surface area contributed by atoms with Crippen molar-refractivity contribution in [1.82, 2.24) is 4.98 Å². The van der Waals surface area contributed by atoms with E-state index in [0.29, 0.717) is 5.92 Å². The van der Waals surface area contributed by atoms with Crippen molar-refractivity contribution in [3.63, 3.8) is 0 Å². The summed E-state index contributed by atoms with van der Waals surface area (Å²) in [6, 6.07) is 6.01. The smallest absolute Gasteiger partial charge is 0.0940 e. The highest BCUT2D eigenvalue weighted by molar-refractivity contribution is 5.26. The first-order valence-corrected chi connectivity index (χ1v) is 4.30. The number of pyridine rings is 1. The lowest BCUT2D eigenvalue weighted by molar-refractivity contribution is 0.562. The van der Waals surface area contributed by atoms with Crippen molar-refractivity contribution in [3.8, 4) is 0 Å². The quantitative estimate of drug-likeness (QED) is 0.698. The first kappa shape index (κ1) is 8.05. The Balaban J connectivity index is 2.29. The maximum atomic E-state index is 5.04. The largest absolute Gasteiger partial charge is 0.472 e. The van der Waals surface area contributed by atoms with Crippen LogP contribution >= 0.6 is 0 Å². The van der Waals surface area contributed by atoms with Gasteiger partial charge in [0.2, 0.25) is 0 Å². The first-order chi connectivity index (χ1) is 6.38. The standard InChI is InChI=1S/C11H11NO/c1-9(11-4-6-13-8-11)10-3-2-5-12-7-10/h2-9H,1H3. The Morgan fingerprint density at radius 2 is 2.23 bits per heavy atom. The van der Waals surface area contributed by atoms with E-state index in [0.717, 1.165) is 0 Å². The maximum absolute atomic E-state index is 5.04. The van der Waals surface area contributed by atoms with Crippen molar-refractivity contribution < 1.29 is 4.42 Å². The molecule has 13 heavy (non-hydrogen) atoms. The zero-order valence-corrected chi connectivity index (χ0v) is 7.47. The Labute approximate surface area is 77.2 Å². The molecule has 0 bridgehead atoms. The minimum absolute atomic E-state index is 0.354. The van der Waals surface area contributed by atoms with E-state index in [4.69, 9.17) is 4.42 Å². The number of nitrogens with zero attached hydrogens (tertiary/aromatic N) is 1. The molecule has 0 fully saturated rings. The highest BCUT2D eigenvalue weighted by Crippen LogP contribution is 2.22. The second-order valence-corrected chi connectivity index (χ2v) is 3.06. The van der Waals surface area contributed by atoms with Crippen LogP contribution in [0.2, 0.25) is 0 Å². The maximum Gasteiger partial charge on any atom is 0.0940 e. The molecule has 0 saturated heterocycles. The third kappa shape index (κ3) is 1.61. The summed E-state index contributed by atoms with van der Waals surface area (Å²) in [5.41, 5.74) is 2.40. The Morgan fingerprint density at radius 3 is 2.85 bits per heavy atom. The van der Waals surface area contributed by atoms with E-state index in [-0.39, 0.29) is 0 Å². The highest BCUT2D eigenvalue weighted by Gasteiger charge is 2.08. The SMILES string of the molecule is CC(c1cccnc1)c1ccoc1. The lowest BCUT2D eigenvalue weighted by Crippen LogP contribution is -1.93. The molecule has 2 heteroatoms. The summed E-state index contributed by atoms with van der Waals surface area (Å²) in [6.45, 7) is 2.14. The summed E-state index contributed by atoms with van der Waals surface area (Å²) >= 11 is 0. The summed E-state index contributed by atoms with van der Waals surface area (Å²) in [4.78, 5) is 4.09. The summed E-state index contributed by atoms with van der Waals surface area (Å²) in [5, 5.41) is 0. The fourth-order valence-electron chi connectivity index (χ4n) is 1.35. The minimum atomic E-state index is 0.354. The van der Waals surface area contributed by atoms with Crippen LogP contribution in [-0.2, 0) is 0 Å². The molecule has 0 aliphatic heterocycles. The number of hydrogen-bond acceptors (Lipinski definition) is 2. The summed E-state index contributed by atoms with van der Waals surface area (Å²) in [7, 11) is 0. The van der Waals surface area contributed by atoms with Crippen molar-refractivity contribution in [2.24, 2.45) is 0 Å². The van der Waals surface area contributed by atoms with E-state index >= 15 is 0 Å². The lowest BCUT2D eigenvalue weighted by Gasteiger charge is -2.07. The van der Waals surface area contributed by atoms with Crippen LogP contribution in [0.15, 0.2) is 47.5 Å². The fraction of sp³-hybridized carbons (Fsp3) is 0.182. The molecule has 66 valence electrons. The van der Waals surface area contributed by atoms with Crippen LogP contribution < -0.4 is 0 Å². The summed E-state index contributed by atoms with van der Waals surface area (Å²) in [5.74, 6) is 0.354. The van der Waals surface area contributed by atoms with Gasteiger partial charge in [-0.3, -0.25) is 4.98 Å². The van der Waals surface area contributed by atoms with Gasteiger partial charge in [-0.1, -0.05) is 13.0 Å². The van der Waals surface area contributed by atoms with E-state index in [1.807, 2.05) is 18.3 Å². The van der Waals surface area contributed by atoms with Crippen molar-refractivity contribution in [2.75, 3.05) is 0 Å². The molecule has 2 nitrogen and oxygen atoms in total. The van der Waals surface area contributed by atoms with Crippen LogP contribution in [0.4, 0.5) is 0 Å². The van der Waals surface area contributed by atoms with Gasteiger partial charge in [-0.25, -0.2) is 0 Å². The molecule has 0 aliphatic rings. The third-order valence-corrected chi connectivity index (χ3v) is 2.23. The van der Waals surface area contributed by atoms with Crippen LogP contribution in [0.25, 0.3) is 0 Å². The van der Waals surface area contributed by atoms with Gasteiger partial charge in [-0.2, -0.15) is 0 Å². The molecule has 0 aromatic carbocycles. The number of hydrogen-bond donors (Lipinski definition) is 0. The van der Waals surface area contributed by atoms with Crippen LogP contribution in [0.3, 0.4) is 0 Å². The molecule has 0 N–H and O–H groups in total. The molecule has 0 spiro atoms. The fourth-order valence-corrected chi connectivity index (χ4v) is 1.35. The molecule has 0 aliphatic carbocycles. The Morgan fingerprint density at radius 1 is 1.31 bits per heavy atom. The lowest BCUT2D eigenvalue weighted by atomic mass is 9.97. The molecule has 1 unspecified atom stereocenters. The van der Waals surface area contributed by atoms with E-state index in [1.54, 1.807) is 18.7 Å². The molecule has 0 radical (unpaired) electrons. The molecule has 0 amide bonds. The van der Waals surface area contributed by atoms with Gasteiger partial charge in [-0.15, -0.1) is 0 Å². The summed E-state index contributed by atoms with van der Waals surface area (Å²) in [6.07, 6.45) is 7.14. The topological polar surface area (TPSA) is 26.0 Å². The zero-order valence-electron chi connectivity index (χ0n) is 7.47. The van der Waals surface area contributed by atoms with Gasteiger partial charge in [0.1, 0.15) is 0 Å². The molecule has 2 heterocycles. The van der Waals surface area contributed by atoms with Crippen molar-refractivity contribution in [1.29, 1.82) is 0 Å². The molecule has 1 atom stereocenters. The second-order valence-electron chi connectivity index (χ2n) is 3.06. The number of aromatic nitrogens is 1. The van der Waals surface area contributed by atoms with Gasteiger partial charge < -0.3 is 4.42 Å². The average molecular weight is 173 g/mol. The van der Waals surface area contributed by atoms with Crippen LogP contribution in [0.1, 0.15) is 24.0 Å². The van der Waals surface area contributed by atoms with Gasteiger partial charge in [0, 0.05) is 18.3 Å². The minimum Gasteiger partial charge on any atom is -0.472 e. The van der Waals surface area contributed by atoms with Crippen LogP contribution in [-0.4, -0.2) is 4.98 Å². The van der Waals surface area contributed by atoms with Gasteiger partial charge in [0.25, 0.3) is 0 Å². The highest BCUT2D eigenvalue weighted by atomic mass is 16.3. The van der Waals surface area contributed by atoms with Crippen molar-refractivity contribution in [3.05, 3.63) is 54.2 Å². The number of furan rings is 1. The molecular weight excluding hydrogens is 162 g/mol. The van der Waals surface area contributed by atoms with Gasteiger partial charge in [0.05, 0.1) is 12.5 Å². The predicted octanol–water partition coefficient (Wildman–Crippen LogP) is 2.83. The molecule has 2 rings (SSSR count). The van der Waals surface area contributed by atoms with Gasteiger partial charge in [-0.05, 0) is 23.3 Å². The molecule has 2 aromatic heterocycles. The van der Waals surface area contributed by atoms with E-state index in [2.05, 4.69) is 18.0 Å². The summed E-state index contributed by atoms with van der Waals surface area (Å²) < 4.78 is 5.04. The first-order valence-electron chi connectivity index (χ1n) is 4.30.